The topological polar surface area (TPSA) is 17.8 Å². The van der Waals surface area contributed by atoms with Crippen molar-refractivity contribution < 1.29 is 0 Å². The van der Waals surface area contributed by atoms with Gasteiger partial charge >= 0.3 is 0 Å². The molecule has 3 rings (SSSR count). The normalized spacial score (nSPS) is 10.8. The molecule has 0 radical (unpaired) electrons. The van der Waals surface area contributed by atoms with Crippen molar-refractivity contribution in [1.29, 1.82) is 0 Å². The van der Waals surface area contributed by atoms with E-state index in [2.05, 4.69) is 74.5 Å². The van der Waals surface area contributed by atoms with E-state index < -0.39 is 0 Å². The van der Waals surface area contributed by atoms with Gasteiger partial charge in [-0.2, -0.15) is 5.10 Å². The Morgan fingerprint density at radius 3 is 2.50 bits per heavy atom. The summed E-state index contributed by atoms with van der Waals surface area (Å²) in [4.78, 5) is 0. The Kier molecular flexibility index (Phi) is 3.15. The van der Waals surface area contributed by atoms with Gasteiger partial charge in [0.1, 0.15) is 0 Å². The second-order valence-corrected chi connectivity index (χ2v) is 5.28. The average molecular weight is 262 g/mol. The summed E-state index contributed by atoms with van der Waals surface area (Å²) in [5, 5.41) is 4.52. The number of aryl methyl sites for hydroxylation is 3. The predicted molar refractivity (Wildman–Crippen MR) is 83.2 cm³/mol. The molecule has 0 spiro atoms. The molecule has 0 atom stereocenters. The summed E-state index contributed by atoms with van der Waals surface area (Å²) in [7, 11) is 0. The van der Waals surface area contributed by atoms with Crippen molar-refractivity contribution in [3.63, 3.8) is 0 Å². The number of hydrogen-bond donors (Lipinski definition) is 0. The molecule has 0 N–H and O–H groups in total. The Labute approximate surface area is 119 Å². The van der Waals surface area contributed by atoms with Crippen molar-refractivity contribution in [3.05, 3.63) is 71.5 Å². The number of benzene rings is 2. The molecule has 0 amide bonds. The summed E-state index contributed by atoms with van der Waals surface area (Å²) in [5.74, 6) is 0. The lowest BCUT2D eigenvalue weighted by Gasteiger charge is -2.07. The van der Waals surface area contributed by atoms with Crippen LogP contribution < -0.4 is 0 Å². The summed E-state index contributed by atoms with van der Waals surface area (Å²) >= 11 is 0. The molecule has 3 aromatic rings. The number of nitrogens with zero attached hydrogens (tertiary/aromatic N) is 2. The molecule has 2 heteroatoms. The van der Waals surface area contributed by atoms with Crippen molar-refractivity contribution in [2.45, 2.75) is 20.8 Å². The van der Waals surface area contributed by atoms with Gasteiger partial charge in [-0.1, -0.05) is 36.4 Å². The second-order valence-electron chi connectivity index (χ2n) is 5.28. The maximum absolute atomic E-state index is 4.52. The first-order valence-corrected chi connectivity index (χ1v) is 6.83. The highest BCUT2D eigenvalue weighted by molar-refractivity contribution is 5.66. The van der Waals surface area contributed by atoms with Gasteiger partial charge < -0.3 is 0 Å². The molecule has 0 bridgehead atoms. The molecule has 1 heterocycles. The van der Waals surface area contributed by atoms with Gasteiger partial charge in [0.2, 0.25) is 0 Å². The third-order valence-corrected chi connectivity index (χ3v) is 3.65. The number of rotatable bonds is 2. The van der Waals surface area contributed by atoms with E-state index in [0.717, 1.165) is 11.3 Å². The molecule has 100 valence electrons. The van der Waals surface area contributed by atoms with Crippen LogP contribution >= 0.6 is 0 Å². The van der Waals surface area contributed by atoms with E-state index in [9.17, 15) is 0 Å². The van der Waals surface area contributed by atoms with E-state index >= 15 is 0 Å². The van der Waals surface area contributed by atoms with Crippen LogP contribution in [0.5, 0.6) is 0 Å². The van der Waals surface area contributed by atoms with Gasteiger partial charge in [-0.3, -0.25) is 0 Å². The van der Waals surface area contributed by atoms with Gasteiger partial charge in [0, 0.05) is 11.8 Å². The Bertz CT molecular complexity index is 754. The van der Waals surface area contributed by atoms with Gasteiger partial charge in [0.25, 0.3) is 0 Å². The van der Waals surface area contributed by atoms with E-state index in [1.807, 2.05) is 10.9 Å². The second kappa shape index (κ2) is 4.97. The highest BCUT2D eigenvalue weighted by atomic mass is 15.3. The van der Waals surface area contributed by atoms with Crippen molar-refractivity contribution in [1.82, 2.24) is 9.78 Å². The summed E-state index contributed by atoms with van der Waals surface area (Å²) in [6.45, 7) is 6.35. The van der Waals surface area contributed by atoms with Gasteiger partial charge in [-0.15, -0.1) is 0 Å². The lowest BCUT2D eigenvalue weighted by atomic mass is 10.0. The quantitative estimate of drug-likeness (QED) is 0.666. The maximum atomic E-state index is 4.52. The van der Waals surface area contributed by atoms with Gasteiger partial charge in [-0.05, 0) is 49.1 Å². The van der Waals surface area contributed by atoms with Crippen LogP contribution in [0.3, 0.4) is 0 Å². The molecule has 2 aromatic carbocycles. The fraction of sp³-hybridized carbons (Fsp3) is 0.167. The maximum Gasteiger partial charge on any atom is 0.0677 e. The molecular formula is C18H18N2. The first-order chi connectivity index (χ1) is 9.65. The van der Waals surface area contributed by atoms with E-state index in [1.165, 1.54) is 22.3 Å². The zero-order valence-electron chi connectivity index (χ0n) is 12.1. The van der Waals surface area contributed by atoms with E-state index in [4.69, 9.17) is 0 Å². The highest BCUT2D eigenvalue weighted by Crippen LogP contribution is 2.24. The fourth-order valence-electron chi connectivity index (χ4n) is 2.46. The Morgan fingerprint density at radius 2 is 1.70 bits per heavy atom. The summed E-state index contributed by atoms with van der Waals surface area (Å²) in [5.41, 5.74) is 7.29. The minimum absolute atomic E-state index is 1.14. The molecule has 0 aliphatic heterocycles. The molecule has 0 aliphatic carbocycles. The fourth-order valence-corrected chi connectivity index (χ4v) is 2.46. The molecular weight excluding hydrogens is 244 g/mol. The van der Waals surface area contributed by atoms with Crippen LogP contribution in [0.1, 0.15) is 16.7 Å². The van der Waals surface area contributed by atoms with Crippen molar-refractivity contribution in [2.75, 3.05) is 0 Å². The molecule has 0 fully saturated rings. The third kappa shape index (κ3) is 2.25. The van der Waals surface area contributed by atoms with Crippen LogP contribution in [0.4, 0.5) is 0 Å². The van der Waals surface area contributed by atoms with Crippen molar-refractivity contribution in [3.8, 4) is 16.8 Å². The zero-order chi connectivity index (χ0) is 14.1. The van der Waals surface area contributed by atoms with Crippen LogP contribution in [0.2, 0.25) is 0 Å². The molecule has 0 saturated carbocycles. The summed E-state index contributed by atoms with van der Waals surface area (Å²) in [6.07, 6.45) is 4.04. The smallest absolute Gasteiger partial charge is 0.0677 e. The van der Waals surface area contributed by atoms with Crippen LogP contribution in [0.25, 0.3) is 16.8 Å². The Hall–Kier alpha value is -2.35. The molecule has 2 nitrogen and oxygen atoms in total. The average Bonchev–Trinajstić information content (AvgIpc) is 2.91. The SMILES string of the molecule is Cc1ccc(C)c(-n2cc(-c3ccccc3C)cn2)c1. The third-order valence-electron chi connectivity index (χ3n) is 3.65. The Balaban J connectivity index is 2.07. The predicted octanol–water partition coefficient (Wildman–Crippen LogP) is 4.46. The summed E-state index contributed by atoms with van der Waals surface area (Å²) < 4.78 is 1.96. The van der Waals surface area contributed by atoms with E-state index in [-0.39, 0.29) is 0 Å². The van der Waals surface area contributed by atoms with E-state index in [0.29, 0.717) is 0 Å². The zero-order valence-corrected chi connectivity index (χ0v) is 12.1. The Morgan fingerprint density at radius 1 is 0.900 bits per heavy atom. The molecule has 1 aromatic heterocycles. The molecule has 0 unspecified atom stereocenters. The van der Waals surface area contributed by atoms with Gasteiger partial charge in [-0.25, -0.2) is 4.68 Å². The highest BCUT2D eigenvalue weighted by Gasteiger charge is 2.07. The monoisotopic (exact) mass is 262 g/mol. The molecule has 0 aliphatic rings. The standard InChI is InChI=1S/C18H18N2/c1-13-8-9-15(3)18(10-13)20-12-16(11-19-20)17-7-5-4-6-14(17)2/h4-12H,1-3H3. The first kappa shape index (κ1) is 12.7. The minimum atomic E-state index is 1.14. The largest absolute Gasteiger partial charge is 0.240 e. The number of hydrogen-bond acceptors (Lipinski definition) is 1. The minimum Gasteiger partial charge on any atom is -0.240 e. The van der Waals surface area contributed by atoms with Crippen LogP contribution in [-0.2, 0) is 0 Å². The van der Waals surface area contributed by atoms with Crippen LogP contribution in [-0.4, -0.2) is 9.78 Å². The lowest BCUT2D eigenvalue weighted by molar-refractivity contribution is 0.871. The van der Waals surface area contributed by atoms with Gasteiger partial charge in [0.15, 0.2) is 0 Å². The van der Waals surface area contributed by atoms with E-state index in [1.54, 1.807) is 0 Å². The van der Waals surface area contributed by atoms with Crippen molar-refractivity contribution in [2.24, 2.45) is 0 Å². The number of aromatic nitrogens is 2. The molecule has 0 saturated heterocycles. The molecule has 20 heavy (non-hydrogen) atoms. The van der Waals surface area contributed by atoms with Crippen molar-refractivity contribution >= 4 is 0 Å². The first-order valence-electron chi connectivity index (χ1n) is 6.83. The lowest BCUT2D eigenvalue weighted by Crippen LogP contribution is -1.97. The van der Waals surface area contributed by atoms with Crippen LogP contribution in [0.15, 0.2) is 54.9 Å². The summed E-state index contributed by atoms with van der Waals surface area (Å²) in [6, 6.07) is 14.8. The van der Waals surface area contributed by atoms with Gasteiger partial charge in [0.05, 0.1) is 11.9 Å². The van der Waals surface area contributed by atoms with Crippen LogP contribution in [0, 0.1) is 20.8 Å².